The van der Waals surface area contributed by atoms with Crippen LogP contribution >= 0.6 is 12.4 Å². The van der Waals surface area contributed by atoms with Crippen molar-refractivity contribution in [3.63, 3.8) is 0 Å². The van der Waals surface area contributed by atoms with Crippen LogP contribution in [0.3, 0.4) is 0 Å². The number of nitrogens with zero attached hydrogens (tertiary/aromatic N) is 1. The SMILES string of the molecule is CCC(CC(=O)N1CC2CCC(N)C2C1)C(C)C.Cl. The molecule has 0 radical (unpaired) electrons. The zero-order chi connectivity index (χ0) is 13.3. The maximum atomic E-state index is 12.3. The van der Waals surface area contributed by atoms with Gasteiger partial charge in [0.05, 0.1) is 0 Å². The number of nitrogens with two attached hydrogens (primary N) is 1. The van der Waals surface area contributed by atoms with Crippen LogP contribution in [0, 0.1) is 23.7 Å². The Labute approximate surface area is 123 Å². The second kappa shape index (κ2) is 6.94. The van der Waals surface area contributed by atoms with Gasteiger partial charge in [0.2, 0.25) is 5.91 Å². The summed E-state index contributed by atoms with van der Waals surface area (Å²) in [6, 6.07) is 0.333. The average Bonchev–Trinajstić information content (AvgIpc) is 2.88. The van der Waals surface area contributed by atoms with Crippen LogP contribution in [0.2, 0.25) is 0 Å². The van der Waals surface area contributed by atoms with E-state index in [2.05, 4.69) is 25.7 Å². The zero-order valence-electron chi connectivity index (χ0n) is 12.5. The molecule has 0 bridgehead atoms. The van der Waals surface area contributed by atoms with E-state index < -0.39 is 0 Å². The molecule has 4 heteroatoms. The number of hydrogen-bond acceptors (Lipinski definition) is 2. The monoisotopic (exact) mass is 288 g/mol. The van der Waals surface area contributed by atoms with Crippen LogP contribution in [0.15, 0.2) is 0 Å². The summed E-state index contributed by atoms with van der Waals surface area (Å²) in [5.74, 6) is 2.75. The van der Waals surface area contributed by atoms with E-state index in [-0.39, 0.29) is 12.4 Å². The molecular formula is C15H29ClN2O. The van der Waals surface area contributed by atoms with E-state index in [9.17, 15) is 4.79 Å². The molecule has 2 aliphatic rings. The standard InChI is InChI=1S/C15H28N2O.ClH/c1-4-11(10(2)3)7-15(18)17-8-12-5-6-14(16)13(12)9-17;/h10-14H,4-9,16H2,1-3H3;1H. The Balaban J connectivity index is 0.00000180. The van der Waals surface area contributed by atoms with E-state index in [4.69, 9.17) is 5.73 Å². The van der Waals surface area contributed by atoms with Crippen molar-refractivity contribution in [2.45, 2.75) is 52.5 Å². The molecule has 1 saturated carbocycles. The minimum absolute atomic E-state index is 0. The third-order valence-corrected chi connectivity index (χ3v) is 5.17. The van der Waals surface area contributed by atoms with Gasteiger partial charge in [-0.25, -0.2) is 0 Å². The lowest BCUT2D eigenvalue weighted by Gasteiger charge is -2.23. The molecule has 2 N–H and O–H groups in total. The van der Waals surface area contributed by atoms with Crippen LogP contribution in [0.4, 0.5) is 0 Å². The molecule has 1 aliphatic heterocycles. The Morgan fingerprint density at radius 2 is 2.00 bits per heavy atom. The lowest BCUT2D eigenvalue weighted by atomic mass is 9.90. The Morgan fingerprint density at radius 3 is 2.53 bits per heavy atom. The van der Waals surface area contributed by atoms with E-state index in [1.807, 2.05) is 0 Å². The maximum absolute atomic E-state index is 12.3. The Kier molecular flexibility index (Phi) is 6.13. The molecule has 19 heavy (non-hydrogen) atoms. The van der Waals surface area contributed by atoms with Crippen molar-refractivity contribution in [3.05, 3.63) is 0 Å². The van der Waals surface area contributed by atoms with Gasteiger partial charge in [0, 0.05) is 25.6 Å². The number of hydrogen-bond donors (Lipinski definition) is 1. The molecule has 1 amide bonds. The topological polar surface area (TPSA) is 46.3 Å². The summed E-state index contributed by atoms with van der Waals surface area (Å²) in [6.45, 7) is 8.50. The third-order valence-electron chi connectivity index (χ3n) is 5.17. The fourth-order valence-corrected chi connectivity index (χ4v) is 3.72. The summed E-state index contributed by atoms with van der Waals surface area (Å²) in [5, 5.41) is 0. The van der Waals surface area contributed by atoms with Crippen LogP contribution in [0.25, 0.3) is 0 Å². The normalized spacial score (nSPS) is 31.2. The number of amides is 1. The van der Waals surface area contributed by atoms with Gasteiger partial charge in [-0.2, -0.15) is 0 Å². The molecule has 112 valence electrons. The molecule has 0 aromatic carbocycles. The molecular weight excluding hydrogens is 260 g/mol. The summed E-state index contributed by atoms with van der Waals surface area (Å²) in [6.07, 6.45) is 4.20. The van der Waals surface area contributed by atoms with Crippen molar-refractivity contribution < 1.29 is 4.79 Å². The van der Waals surface area contributed by atoms with Crippen LogP contribution in [0.1, 0.15) is 46.5 Å². The van der Waals surface area contributed by atoms with Crippen LogP contribution < -0.4 is 5.73 Å². The van der Waals surface area contributed by atoms with Crippen LogP contribution in [-0.2, 0) is 4.79 Å². The quantitative estimate of drug-likeness (QED) is 0.864. The highest BCUT2D eigenvalue weighted by molar-refractivity contribution is 5.85. The summed E-state index contributed by atoms with van der Waals surface area (Å²) < 4.78 is 0. The summed E-state index contributed by atoms with van der Waals surface area (Å²) >= 11 is 0. The van der Waals surface area contributed by atoms with Gasteiger partial charge < -0.3 is 10.6 Å². The fourth-order valence-electron chi connectivity index (χ4n) is 3.72. The average molecular weight is 289 g/mol. The molecule has 1 saturated heterocycles. The highest BCUT2D eigenvalue weighted by Gasteiger charge is 2.42. The largest absolute Gasteiger partial charge is 0.342 e. The van der Waals surface area contributed by atoms with Crippen molar-refractivity contribution in [2.75, 3.05) is 13.1 Å². The van der Waals surface area contributed by atoms with Gasteiger partial charge in [-0.15, -0.1) is 12.4 Å². The highest BCUT2D eigenvalue weighted by Crippen LogP contribution is 2.37. The summed E-state index contributed by atoms with van der Waals surface area (Å²) in [4.78, 5) is 14.4. The molecule has 1 heterocycles. The van der Waals surface area contributed by atoms with Crippen LogP contribution in [0.5, 0.6) is 0 Å². The molecule has 2 fully saturated rings. The Hall–Kier alpha value is -0.280. The first kappa shape index (κ1) is 16.8. The number of carbonyl (C=O) groups excluding carboxylic acids is 1. The molecule has 4 atom stereocenters. The number of halogens is 1. The first-order chi connectivity index (χ1) is 8.52. The third kappa shape index (κ3) is 3.63. The van der Waals surface area contributed by atoms with E-state index >= 15 is 0 Å². The van der Waals surface area contributed by atoms with E-state index in [0.29, 0.717) is 35.6 Å². The van der Waals surface area contributed by atoms with Gasteiger partial charge in [0.25, 0.3) is 0 Å². The van der Waals surface area contributed by atoms with Crippen molar-refractivity contribution in [2.24, 2.45) is 29.4 Å². The fraction of sp³-hybridized carbons (Fsp3) is 0.933. The molecule has 0 aromatic heterocycles. The Bertz CT molecular complexity index is 309. The smallest absolute Gasteiger partial charge is 0.222 e. The van der Waals surface area contributed by atoms with E-state index in [1.165, 1.54) is 6.42 Å². The molecule has 2 rings (SSSR count). The van der Waals surface area contributed by atoms with Gasteiger partial charge in [-0.05, 0) is 36.5 Å². The highest BCUT2D eigenvalue weighted by atomic mass is 35.5. The summed E-state index contributed by atoms with van der Waals surface area (Å²) in [7, 11) is 0. The predicted octanol–water partition coefficient (Wildman–Crippen LogP) is 2.68. The minimum Gasteiger partial charge on any atom is -0.342 e. The van der Waals surface area contributed by atoms with Gasteiger partial charge in [-0.3, -0.25) is 4.79 Å². The first-order valence-corrected chi connectivity index (χ1v) is 7.56. The number of likely N-dealkylation sites (tertiary alicyclic amines) is 1. The van der Waals surface area contributed by atoms with Crippen molar-refractivity contribution in [1.82, 2.24) is 4.90 Å². The predicted molar refractivity (Wildman–Crippen MR) is 81.3 cm³/mol. The van der Waals surface area contributed by atoms with Crippen molar-refractivity contribution >= 4 is 18.3 Å². The second-order valence-electron chi connectivity index (χ2n) is 6.58. The molecule has 0 aromatic rings. The first-order valence-electron chi connectivity index (χ1n) is 7.56. The van der Waals surface area contributed by atoms with E-state index in [1.54, 1.807) is 0 Å². The van der Waals surface area contributed by atoms with E-state index in [0.717, 1.165) is 32.4 Å². The van der Waals surface area contributed by atoms with Crippen LogP contribution in [-0.4, -0.2) is 29.9 Å². The maximum Gasteiger partial charge on any atom is 0.222 e. The molecule has 0 spiro atoms. The van der Waals surface area contributed by atoms with Gasteiger partial charge in [0.15, 0.2) is 0 Å². The van der Waals surface area contributed by atoms with Gasteiger partial charge in [0.1, 0.15) is 0 Å². The lowest BCUT2D eigenvalue weighted by Crippen LogP contribution is -2.34. The number of carbonyl (C=O) groups is 1. The van der Waals surface area contributed by atoms with Gasteiger partial charge >= 0.3 is 0 Å². The molecule has 1 aliphatic carbocycles. The Morgan fingerprint density at radius 1 is 1.32 bits per heavy atom. The number of rotatable bonds is 4. The zero-order valence-corrected chi connectivity index (χ0v) is 13.3. The summed E-state index contributed by atoms with van der Waals surface area (Å²) in [5.41, 5.74) is 6.12. The number of fused-ring (bicyclic) bond motifs is 1. The molecule has 3 nitrogen and oxygen atoms in total. The van der Waals surface area contributed by atoms with Gasteiger partial charge in [-0.1, -0.05) is 27.2 Å². The second-order valence-corrected chi connectivity index (χ2v) is 6.58. The van der Waals surface area contributed by atoms with Crippen molar-refractivity contribution in [1.29, 1.82) is 0 Å². The van der Waals surface area contributed by atoms with Crippen molar-refractivity contribution in [3.8, 4) is 0 Å². The molecule has 4 unspecified atom stereocenters. The minimum atomic E-state index is 0. The lowest BCUT2D eigenvalue weighted by molar-refractivity contribution is -0.131.